The highest BCUT2D eigenvalue weighted by molar-refractivity contribution is 5.79. The van der Waals surface area contributed by atoms with Gasteiger partial charge in [-0.3, -0.25) is 4.79 Å². The second-order valence-electron chi connectivity index (χ2n) is 4.26. The molecule has 6 heteroatoms. The first kappa shape index (κ1) is 12.8. The fourth-order valence-corrected chi connectivity index (χ4v) is 2.03. The van der Waals surface area contributed by atoms with Crippen molar-refractivity contribution in [3.8, 4) is 0 Å². The van der Waals surface area contributed by atoms with Gasteiger partial charge < -0.3 is 15.0 Å². The van der Waals surface area contributed by atoms with E-state index < -0.39 is 0 Å². The molecule has 1 N–H and O–H groups in total. The van der Waals surface area contributed by atoms with Gasteiger partial charge in [-0.25, -0.2) is 9.97 Å². The molecule has 2 rings (SSSR count). The first-order valence-corrected chi connectivity index (χ1v) is 6.10. The van der Waals surface area contributed by atoms with Crippen LogP contribution < -0.4 is 10.2 Å². The number of carbonyl (C=O) groups is 1. The van der Waals surface area contributed by atoms with Crippen LogP contribution >= 0.6 is 0 Å². The zero-order valence-corrected chi connectivity index (χ0v) is 10.5. The Morgan fingerprint density at radius 2 is 2.33 bits per heavy atom. The van der Waals surface area contributed by atoms with E-state index in [4.69, 9.17) is 4.74 Å². The van der Waals surface area contributed by atoms with Gasteiger partial charge in [0.05, 0.1) is 12.5 Å². The van der Waals surface area contributed by atoms with Gasteiger partial charge in [0.1, 0.15) is 0 Å². The van der Waals surface area contributed by atoms with Crippen LogP contribution in [0.4, 0.5) is 5.95 Å². The molecule has 1 aliphatic heterocycles. The van der Waals surface area contributed by atoms with Crippen LogP contribution in [0, 0.1) is 5.92 Å². The number of aromatic nitrogens is 2. The molecule has 1 amide bonds. The maximum atomic E-state index is 11.9. The average molecular weight is 250 g/mol. The molecule has 1 aliphatic rings. The molecule has 1 fully saturated rings. The Kier molecular flexibility index (Phi) is 4.46. The minimum absolute atomic E-state index is 0.0191. The summed E-state index contributed by atoms with van der Waals surface area (Å²) >= 11 is 0. The minimum Gasteiger partial charge on any atom is -0.383 e. The molecule has 0 radical (unpaired) electrons. The van der Waals surface area contributed by atoms with Crippen molar-refractivity contribution in [3.05, 3.63) is 18.5 Å². The van der Waals surface area contributed by atoms with Gasteiger partial charge in [0.15, 0.2) is 0 Å². The zero-order chi connectivity index (χ0) is 12.8. The molecule has 18 heavy (non-hydrogen) atoms. The summed E-state index contributed by atoms with van der Waals surface area (Å²) in [7, 11) is 1.62. The molecule has 1 atom stereocenters. The highest BCUT2D eigenvalue weighted by Gasteiger charge is 2.29. The van der Waals surface area contributed by atoms with E-state index in [0.717, 1.165) is 13.0 Å². The monoisotopic (exact) mass is 250 g/mol. The third-order valence-corrected chi connectivity index (χ3v) is 3.00. The minimum atomic E-state index is 0.0191. The summed E-state index contributed by atoms with van der Waals surface area (Å²) in [5.41, 5.74) is 0. The van der Waals surface area contributed by atoms with Gasteiger partial charge in [0, 0.05) is 39.1 Å². The number of methoxy groups -OCH3 is 1. The smallest absolute Gasteiger partial charge is 0.225 e. The lowest BCUT2D eigenvalue weighted by atomic mass is 10.1. The van der Waals surface area contributed by atoms with Crippen molar-refractivity contribution >= 4 is 11.9 Å². The first-order valence-electron chi connectivity index (χ1n) is 6.10. The summed E-state index contributed by atoms with van der Waals surface area (Å²) in [4.78, 5) is 22.3. The number of ether oxygens (including phenoxy) is 1. The van der Waals surface area contributed by atoms with Gasteiger partial charge in [0.25, 0.3) is 0 Å². The normalized spacial score (nSPS) is 18.9. The molecule has 0 spiro atoms. The fraction of sp³-hybridized carbons (Fsp3) is 0.583. The molecule has 0 aliphatic carbocycles. The van der Waals surface area contributed by atoms with E-state index in [1.54, 1.807) is 25.6 Å². The Balaban J connectivity index is 1.83. The maximum absolute atomic E-state index is 11.9. The zero-order valence-electron chi connectivity index (χ0n) is 10.5. The summed E-state index contributed by atoms with van der Waals surface area (Å²) in [6, 6.07) is 1.79. The Morgan fingerprint density at radius 3 is 3.06 bits per heavy atom. The van der Waals surface area contributed by atoms with Gasteiger partial charge in [-0.15, -0.1) is 0 Å². The second-order valence-corrected chi connectivity index (χ2v) is 4.26. The molecule has 1 aromatic heterocycles. The summed E-state index contributed by atoms with van der Waals surface area (Å²) in [6.45, 7) is 2.62. The largest absolute Gasteiger partial charge is 0.383 e. The van der Waals surface area contributed by atoms with Crippen LogP contribution in [0.25, 0.3) is 0 Å². The van der Waals surface area contributed by atoms with E-state index >= 15 is 0 Å². The van der Waals surface area contributed by atoms with Gasteiger partial charge in [-0.2, -0.15) is 0 Å². The lowest BCUT2D eigenvalue weighted by molar-refractivity contribution is -0.124. The molecule has 0 saturated carbocycles. The number of hydrogen-bond donors (Lipinski definition) is 1. The highest BCUT2D eigenvalue weighted by Crippen LogP contribution is 2.20. The summed E-state index contributed by atoms with van der Waals surface area (Å²) < 4.78 is 4.90. The van der Waals surface area contributed by atoms with Crippen molar-refractivity contribution in [2.75, 3.05) is 38.3 Å². The molecule has 1 aromatic rings. The number of rotatable bonds is 5. The molecule has 0 aromatic carbocycles. The number of hydrogen-bond acceptors (Lipinski definition) is 5. The number of carbonyl (C=O) groups excluding carboxylic acids is 1. The van der Waals surface area contributed by atoms with Crippen molar-refractivity contribution in [2.24, 2.45) is 5.92 Å². The lowest BCUT2D eigenvalue weighted by Crippen LogP contribution is -2.34. The molecule has 2 heterocycles. The predicted molar refractivity (Wildman–Crippen MR) is 67.2 cm³/mol. The van der Waals surface area contributed by atoms with E-state index in [-0.39, 0.29) is 11.8 Å². The van der Waals surface area contributed by atoms with Crippen LogP contribution in [-0.2, 0) is 9.53 Å². The predicted octanol–water partition coefficient (Wildman–Crippen LogP) is 0.0655. The Hall–Kier alpha value is -1.69. The van der Waals surface area contributed by atoms with Crippen molar-refractivity contribution in [1.29, 1.82) is 0 Å². The summed E-state index contributed by atoms with van der Waals surface area (Å²) in [6.07, 6.45) is 4.28. The van der Waals surface area contributed by atoms with Crippen molar-refractivity contribution in [2.45, 2.75) is 6.42 Å². The van der Waals surface area contributed by atoms with Crippen LogP contribution in [0.15, 0.2) is 18.5 Å². The highest BCUT2D eigenvalue weighted by atomic mass is 16.5. The van der Waals surface area contributed by atoms with Crippen LogP contribution in [0.5, 0.6) is 0 Å². The third kappa shape index (κ3) is 3.16. The summed E-state index contributed by atoms with van der Waals surface area (Å²) in [5, 5.41) is 2.87. The van der Waals surface area contributed by atoms with E-state index in [0.29, 0.717) is 25.6 Å². The van der Waals surface area contributed by atoms with Gasteiger partial charge >= 0.3 is 0 Å². The van der Waals surface area contributed by atoms with E-state index in [9.17, 15) is 4.79 Å². The molecule has 0 bridgehead atoms. The van der Waals surface area contributed by atoms with E-state index in [1.165, 1.54) is 0 Å². The Bertz CT molecular complexity index is 385. The van der Waals surface area contributed by atoms with Crippen LogP contribution in [-0.4, -0.2) is 49.2 Å². The average Bonchev–Trinajstić information content (AvgIpc) is 2.89. The first-order chi connectivity index (χ1) is 8.81. The topological polar surface area (TPSA) is 67.3 Å². The standard InChI is InChI=1S/C12H18N4O2/c1-18-8-6-13-11(17)10-3-7-16(9-10)12-14-4-2-5-15-12/h2,4-5,10H,3,6-9H2,1H3,(H,13,17). The Morgan fingerprint density at radius 1 is 1.56 bits per heavy atom. The van der Waals surface area contributed by atoms with Crippen LogP contribution in [0.1, 0.15) is 6.42 Å². The van der Waals surface area contributed by atoms with Gasteiger partial charge in [-0.05, 0) is 12.5 Å². The fourth-order valence-electron chi connectivity index (χ4n) is 2.03. The van der Waals surface area contributed by atoms with Gasteiger partial charge in [0.2, 0.25) is 11.9 Å². The van der Waals surface area contributed by atoms with Crippen LogP contribution in [0.2, 0.25) is 0 Å². The number of amides is 1. The maximum Gasteiger partial charge on any atom is 0.225 e. The Labute approximate surface area is 106 Å². The molecule has 98 valence electrons. The van der Waals surface area contributed by atoms with E-state index in [1.807, 2.05) is 4.90 Å². The lowest BCUT2D eigenvalue weighted by Gasteiger charge is -2.15. The quantitative estimate of drug-likeness (QED) is 0.749. The van der Waals surface area contributed by atoms with Crippen molar-refractivity contribution in [3.63, 3.8) is 0 Å². The van der Waals surface area contributed by atoms with Crippen molar-refractivity contribution in [1.82, 2.24) is 15.3 Å². The van der Waals surface area contributed by atoms with Gasteiger partial charge in [-0.1, -0.05) is 0 Å². The molecule has 6 nitrogen and oxygen atoms in total. The molecular weight excluding hydrogens is 232 g/mol. The molecule has 1 saturated heterocycles. The SMILES string of the molecule is COCCNC(=O)C1CCN(c2ncccn2)C1. The van der Waals surface area contributed by atoms with Crippen LogP contribution in [0.3, 0.4) is 0 Å². The van der Waals surface area contributed by atoms with Crippen molar-refractivity contribution < 1.29 is 9.53 Å². The molecular formula is C12H18N4O2. The molecule has 1 unspecified atom stereocenters. The summed E-state index contributed by atoms with van der Waals surface area (Å²) in [5.74, 6) is 0.806. The second kappa shape index (κ2) is 6.30. The number of anilines is 1. The third-order valence-electron chi connectivity index (χ3n) is 3.00. The van der Waals surface area contributed by atoms with E-state index in [2.05, 4.69) is 15.3 Å². The number of nitrogens with one attached hydrogen (secondary N) is 1. The number of nitrogens with zero attached hydrogens (tertiary/aromatic N) is 3.